The first-order chi connectivity index (χ1) is 9.39. The molecule has 1 saturated carbocycles. The Morgan fingerprint density at radius 2 is 2.00 bits per heavy atom. The van der Waals surface area contributed by atoms with Crippen LogP contribution < -0.4 is 5.32 Å². The first-order valence-corrected chi connectivity index (χ1v) is 7.35. The molecule has 0 aromatic heterocycles. The fraction of sp³-hybridized carbons (Fsp3) is 0.625. The van der Waals surface area contributed by atoms with Gasteiger partial charge >= 0.3 is 0 Å². The third-order valence-electron chi connectivity index (χ3n) is 4.53. The Labute approximate surface area is 120 Å². The lowest BCUT2D eigenvalue weighted by atomic mass is 9.75. The van der Waals surface area contributed by atoms with E-state index < -0.39 is 0 Å². The SMILES string of the molecule is Cc1c(CNC2CCC(C)(C)CC2)cccc1[N+](=O)[O-]. The zero-order valence-corrected chi connectivity index (χ0v) is 12.6. The van der Waals surface area contributed by atoms with Crippen molar-refractivity contribution in [2.24, 2.45) is 5.41 Å². The first-order valence-electron chi connectivity index (χ1n) is 7.35. The summed E-state index contributed by atoms with van der Waals surface area (Å²) in [6, 6.07) is 5.86. The van der Waals surface area contributed by atoms with E-state index in [2.05, 4.69) is 19.2 Å². The predicted octanol–water partition coefficient (Wildman–Crippen LogP) is 3.96. The molecular formula is C16H24N2O2. The van der Waals surface area contributed by atoms with Crippen molar-refractivity contribution < 1.29 is 4.92 Å². The standard InChI is InChI=1S/C16H24N2O2/c1-12-13(5-4-6-15(12)18(19)20)11-17-14-7-9-16(2,3)10-8-14/h4-6,14,17H,7-11H2,1-3H3. The van der Waals surface area contributed by atoms with E-state index in [1.54, 1.807) is 12.1 Å². The van der Waals surface area contributed by atoms with E-state index in [1.165, 1.54) is 25.7 Å². The van der Waals surface area contributed by atoms with Crippen LogP contribution in [-0.2, 0) is 6.54 Å². The highest BCUT2D eigenvalue weighted by Crippen LogP contribution is 2.35. The zero-order chi connectivity index (χ0) is 14.8. The summed E-state index contributed by atoms with van der Waals surface area (Å²) >= 11 is 0. The largest absolute Gasteiger partial charge is 0.310 e. The molecule has 0 bridgehead atoms. The van der Waals surface area contributed by atoms with Crippen LogP contribution in [0.25, 0.3) is 0 Å². The highest BCUT2D eigenvalue weighted by atomic mass is 16.6. The van der Waals surface area contributed by atoms with Crippen molar-refractivity contribution in [3.63, 3.8) is 0 Å². The monoisotopic (exact) mass is 276 g/mol. The van der Waals surface area contributed by atoms with Crippen molar-refractivity contribution >= 4 is 5.69 Å². The number of hydrogen-bond donors (Lipinski definition) is 1. The number of nitro benzene ring substituents is 1. The van der Waals surface area contributed by atoms with Gasteiger partial charge in [0.2, 0.25) is 0 Å². The van der Waals surface area contributed by atoms with E-state index in [1.807, 2.05) is 13.0 Å². The fourth-order valence-corrected chi connectivity index (χ4v) is 2.92. The maximum Gasteiger partial charge on any atom is 0.272 e. The van der Waals surface area contributed by atoms with Crippen LogP contribution in [0.4, 0.5) is 5.69 Å². The van der Waals surface area contributed by atoms with E-state index >= 15 is 0 Å². The lowest BCUT2D eigenvalue weighted by Gasteiger charge is -2.34. The quantitative estimate of drug-likeness (QED) is 0.669. The molecule has 20 heavy (non-hydrogen) atoms. The smallest absolute Gasteiger partial charge is 0.272 e. The first kappa shape index (κ1) is 15.0. The van der Waals surface area contributed by atoms with E-state index in [0.29, 0.717) is 11.5 Å². The molecule has 1 N–H and O–H groups in total. The molecule has 0 unspecified atom stereocenters. The predicted molar refractivity (Wildman–Crippen MR) is 80.7 cm³/mol. The lowest BCUT2D eigenvalue weighted by Crippen LogP contribution is -2.35. The van der Waals surface area contributed by atoms with Gasteiger partial charge in [-0.1, -0.05) is 26.0 Å². The summed E-state index contributed by atoms with van der Waals surface area (Å²) in [5.41, 5.74) is 2.50. The lowest BCUT2D eigenvalue weighted by molar-refractivity contribution is -0.385. The Morgan fingerprint density at radius 3 is 2.60 bits per heavy atom. The molecule has 4 nitrogen and oxygen atoms in total. The minimum atomic E-state index is -0.304. The molecule has 0 spiro atoms. The molecule has 0 aliphatic heterocycles. The molecule has 2 rings (SSSR count). The molecule has 0 amide bonds. The van der Waals surface area contributed by atoms with Gasteiger partial charge in [0.25, 0.3) is 5.69 Å². The van der Waals surface area contributed by atoms with Crippen LogP contribution in [0.15, 0.2) is 18.2 Å². The van der Waals surface area contributed by atoms with Crippen LogP contribution in [0.1, 0.15) is 50.7 Å². The normalized spacial score (nSPS) is 18.9. The fourth-order valence-electron chi connectivity index (χ4n) is 2.92. The van der Waals surface area contributed by atoms with Crippen LogP contribution in [0.5, 0.6) is 0 Å². The maximum atomic E-state index is 10.9. The second-order valence-electron chi connectivity index (χ2n) is 6.64. The van der Waals surface area contributed by atoms with Crippen molar-refractivity contribution in [1.29, 1.82) is 0 Å². The second kappa shape index (κ2) is 5.92. The third kappa shape index (κ3) is 3.57. The van der Waals surface area contributed by atoms with Gasteiger partial charge in [-0.05, 0) is 43.6 Å². The van der Waals surface area contributed by atoms with Gasteiger partial charge in [-0.15, -0.1) is 0 Å². The van der Waals surface area contributed by atoms with Gasteiger partial charge in [0.1, 0.15) is 0 Å². The average molecular weight is 276 g/mol. The molecule has 1 aliphatic carbocycles. The van der Waals surface area contributed by atoms with Crippen molar-refractivity contribution in [2.45, 2.75) is 59.0 Å². The summed E-state index contributed by atoms with van der Waals surface area (Å²) < 4.78 is 0. The van der Waals surface area contributed by atoms with E-state index in [-0.39, 0.29) is 10.6 Å². The number of hydrogen-bond acceptors (Lipinski definition) is 3. The third-order valence-corrected chi connectivity index (χ3v) is 4.53. The summed E-state index contributed by atoms with van der Waals surface area (Å²) in [7, 11) is 0. The van der Waals surface area contributed by atoms with E-state index in [9.17, 15) is 10.1 Å². The summed E-state index contributed by atoms with van der Waals surface area (Å²) in [5, 5.41) is 14.5. The van der Waals surface area contributed by atoms with Crippen LogP contribution in [0.2, 0.25) is 0 Å². The van der Waals surface area contributed by atoms with Crippen LogP contribution in [0, 0.1) is 22.5 Å². The minimum absolute atomic E-state index is 0.217. The topological polar surface area (TPSA) is 55.2 Å². The van der Waals surface area contributed by atoms with Gasteiger partial charge in [0.15, 0.2) is 0 Å². The molecule has 1 aromatic rings. The summed E-state index contributed by atoms with van der Waals surface area (Å²) in [5.74, 6) is 0. The molecule has 0 heterocycles. The zero-order valence-electron chi connectivity index (χ0n) is 12.6. The highest BCUT2D eigenvalue weighted by molar-refractivity contribution is 5.44. The van der Waals surface area contributed by atoms with Crippen LogP contribution in [0.3, 0.4) is 0 Å². The molecule has 4 heteroatoms. The molecular weight excluding hydrogens is 252 g/mol. The summed E-state index contributed by atoms with van der Waals surface area (Å²) in [4.78, 5) is 10.6. The van der Waals surface area contributed by atoms with Crippen LogP contribution >= 0.6 is 0 Å². The Kier molecular flexibility index (Phi) is 4.43. The van der Waals surface area contributed by atoms with Gasteiger partial charge in [0, 0.05) is 24.2 Å². The van der Waals surface area contributed by atoms with Gasteiger partial charge < -0.3 is 5.32 Å². The Hall–Kier alpha value is -1.42. The van der Waals surface area contributed by atoms with E-state index in [4.69, 9.17) is 0 Å². The number of benzene rings is 1. The Balaban J connectivity index is 1.95. The van der Waals surface area contributed by atoms with Crippen LogP contribution in [-0.4, -0.2) is 11.0 Å². The van der Waals surface area contributed by atoms with Gasteiger partial charge in [-0.2, -0.15) is 0 Å². The second-order valence-corrected chi connectivity index (χ2v) is 6.64. The molecule has 1 fully saturated rings. The molecule has 1 aromatic carbocycles. The summed E-state index contributed by atoms with van der Waals surface area (Å²) in [6.07, 6.45) is 4.89. The number of rotatable bonds is 4. The van der Waals surface area contributed by atoms with Gasteiger partial charge in [0.05, 0.1) is 4.92 Å². The van der Waals surface area contributed by atoms with E-state index in [0.717, 1.165) is 17.7 Å². The molecule has 0 radical (unpaired) electrons. The van der Waals surface area contributed by atoms with Crippen molar-refractivity contribution in [1.82, 2.24) is 5.32 Å². The number of nitrogens with one attached hydrogen (secondary N) is 1. The number of nitrogens with zero attached hydrogens (tertiary/aromatic N) is 1. The van der Waals surface area contributed by atoms with Gasteiger partial charge in [-0.25, -0.2) is 0 Å². The molecule has 110 valence electrons. The average Bonchev–Trinajstić information content (AvgIpc) is 2.38. The maximum absolute atomic E-state index is 10.9. The molecule has 0 saturated heterocycles. The minimum Gasteiger partial charge on any atom is -0.310 e. The number of nitro groups is 1. The summed E-state index contributed by atoms with van der Waals surface area (Å²) in [6.45, 7) is 7.21. The highest BCUT2D eigenvalue weighted by Gasteiger charge is 2.26. The molecule has 0 atom stereocenters. The van der Waals surface area contributed by atoms with Crippen molar-refractivity contribution in [3.05, 3.63) is 39.4 Å². The van der Waals surface area contributed by atoms with Crippen molar-refractivity contribution in [2.75, 3.05) is 0 Å². The molecule has 1 aliphatic rings. The van der Waals surface area contributed by atoms with Gasteiger partial charge in [-0.3, -0.25) is 10.1 Å². The Bertz CT molecular complexity index is 487. The Morgan fingerprint density at radius 1 is 1.35 bits per heavy atom. The van der Waals surface area contributed by atoms with Crippen molar-refractivity contribution in [3.8, 4) is 0 Å².